The van der Waals surface area contributed by atoms with Crippen LogP contribution in [0.15, 0.2) is 0 Å². The number of rotatable bonds is 4. The van der Waals surface area contributed by atoms with Crippen LogP contribution in [-0.2, 0) is 0 Å². The van der Waals surface area contributed by atoms with Crippen molar-refractivity contribution in [1.82, 2.24) is 4.90 Å². The van der Waals surface area contributed by atoms with E-state index in [4.69, 9.17) is 5.11 Å². The summed E-state index contributed by atoms with van der Waals surface area (Å²) in [7, 11) is 0. The smallest absolute Gasteiger partial charge is 0.0644 e. The molecule has 1 aliphatic rings. The van der Waals surface area contributed by atoms with Crippen LogP contribution in [-0.4, -0.2) is 47.0 Å². The van der Waals surface area contributed by atoms with Gasteiger partial charge < -0.3 is 15.1 Å². The first-order valence-electron chi connectivity index (χ1n) is 5.20. The Kier molecular flexibility index (Phi) is 4.16. The fourth-order valence-electron chi connectivity index (χ4n) is 1.71. The van der Waals surface area contributed by atoms with Crippen molar-refractivity contribution in [3.05, 3.63) is 0 Å². The summed E-state index contributed by atoms with van der Waals surface area (Å²) in [6, 6.07) is 0. The van der Waals surface area contributed by atoms with Crippen LogP contribution >= 0.6 is 0 Å². The van der Waals surface area contributed by atoms with E-state index in [9.17, 15) is 5.11 Å². The summed E-state index contributed by atoms with van der Waals surface area (Å²) < 4.78 is 0. The average Bonchev–Trinajstić information content (AvgIpc) is 2.08. The molecule has 1 fully saturated rings. The summed E-state index contributed by atoms with van der Waals surface area (Å²) in [6.07, 6.45) is 3.73. The van der Waals surface area contributed by atoms with E-state index in [1.807, 2.05) is 6.92 Å². The second-order valence-corrected chi connectivity index (χ2v) is 4.27. The molecule has 1 heterocycles. The van der Waals surface area contributed by atoms with Crippen molar-refractivity contribution in [3.8, 4) is 0 Å². The Bertz CT molecular complexity index is 138. The number of aliphatic hydroxyl groups is 2. The van der Waals surface area contributed by atoms with Gasteiger partial charge in [0.2, 0.25) is 0 Å². The summed E-state index contributed by atoms with van der Waals surface area (Å²) >= 11 is 0. The largest absolute Gasteiger partial charge is 0.396 e. The monoisotopic (exact) mass is 187 g/mol. The zero-order valence-corrected chi connectivity index (χ0v) is 8.50. The molecule has 0 amide bonds. The highest BCUT2D eigenvalue weighted by Gasteiger charge is 2.26. The van der Waals surface area contributed by atoms with Crippen LogP contribution in [0, 0.1) is 0 Å². The van der Waals surface area contributed by atoms with Crippen molar-refractivity contribution in [1.29, 1.82) is 0 Å². The lowest BCUT2D eigenvalue weighted by atomic mass is 9.94. The van der Waals surface area contributed by atoms with Gasteiger partial charge in [-0.05, 0) is 39.2 Å². The normalized spacial score (nSPS) is 23.3. The van der Waals surface area contributed by atoms with E-state index in [0.717, 1.165) is 45.3 Å². The topological polar surface area (TPSA) is 43.7 Å². The molecule has 0 unspecified atom stereocenters. The molecule has 0 atom stereocenters. The Morgan fingerprint density at radius 3 is 2.38 bits per heavy atom. The minimum absolute atomic E-state index is 0.297. The molecule has 0 bridgehead atoms. The van der Waals surface area contributed by atoms with Gasteiger partial charge in [-0.3, -0.25) is 0 Å². The molecule has 0 aromatic rings. The molecule has 0 aromatic carbocycles. The molecule has 3 nitrogen and oxygen atoms in total. The number of likely N-dealkylation sites (tertiary alicyclic amines) is 1. The highest BCUT2D eigenvalue weighted by atomic mass is 16.3. The number of nitrogens with zero attached hydrogens (tertiary/aromatic N) is 1. The van der Waals surface area contributed by atoms with Crippen molar-refractivity contribution >= 4 is 0 Å². The number of hydrogen-bond acceptors (Lipinski definition) is 3. The summed E-state index contributed by atoms with van der Waals surface area (Å²) in [5, 5.41) is 18.3. The van der Waals surface area contributed by atoms with Crippen LogP contribution in [0.25, 0.3) is 0 Å². The molecule has 0 aromatic heterocycles. The first-order valence-corrected chi connectivity index (χ1v) is 5.20. The van der Waals surface area contributed by atoms with E-state index in [1.165, 1.54) is 0 Å². The fraction of sp³-hybridized carbons (Fsp3) is 1.00. The number of hydrogen-bond donors (Lipinski definition) is 2. The highest BCUT2D eigenvalue weighted by molar-refractivity contribution is 4.81. The minimum atomic E-state index is -0.437. The van der Waals surface area contributed by atoms with E-state index in [2.05, 4.69) is 4.90 Å². The van der Waals surface area contributed by atoms with Crippen molar-refractivity contribution in [2.24, 2.45) is 0 Å². The maximum atomic E-state index is 9.70. The molecular formula is C10H21NO2. The van der Waals surface area contributed by atoms with Gasteiger partial charge in [0.1, 0.15) is 0 Å². The predicted molar refractivity (Wildman–Crippen MR) is 52.6 cm³/mol. The Labute approximate surface area is 80.4 Å². The molecule has 1 saturated heterocycles. The Morgan fingerprint density at radius 2 is 1.85 bits per heavy atom. The van der Waals surface area contributed by atoms with Gasteiger partial charge in [0.05, 0.1) is 5.60 Å². The van der Waals surface area contributed by atoms with Gasteiger partial charge in [-0.25, -0.2) is 0 Å². The van der Waals surface area contributed by atoms with Gasteiger partial charge in [0.25, 0.3) is 0 Å². The van der Waals surface area contributed by atoms with Gasteiger partial charge in [-0.15, -0.1) is 0 Å². The van der Waals surface area contributed by atoms with E-state index in [0.29, 0.717) is 6.61 Å². The predicted octanol–water partition coefficient (Wildman–Crippen LogP) is 0.606. The first kappa shape index (κ1) is 11.0. The first-order chi connectivity index (χ1) is 6.14. The van der Waals surface area contributed by atoms with E-state index < -0.39 is 5.60 Å². The molecule has 78 valence electrons. The molecule has 0 spiro atoms. The molecule has 2 N–H and O–H groups in total. The van der Waals surface area contributed by atoms with Crippen molar-refractivity contribution in [2.45, 2.75) is 38.2 Å². The van der Waals surface area contributed by atoms with Crippen LogP contribution in [0.5, 0.6) is 0 Å². The van der Waals surface area contributed by atoms with Crippen LogP contribution in [0.3, 0.4) is 0 Å². The minimum Gasteiger partial charge on any atom is -0.396 e. The summed E-state index contributed by atoms with van der Waals surface area (Å²) in [6.45, 7) is 5.27. The zero-order valence-electron chi connectivity index (χ0n) is 8.50. The third kappa shape index (κ3) is 4.07. The lowest BCUT2D eigenvalue weighted by Crippen LogP contribution is -2.42. The Morgan fingerprint density at radius 1 is 1.23 bits per heavy atom. The second kappa shape index (κ2) is 4.94. The van der Waals surface area contributed by atoms with Crippen LogP contribution < -0.4 is 0 Å². The van der Waals surface area contributed by atoms with E-state index in [1.54, 1.807) is 0 Å². The molecule has 0 aliphatic carbocycles. The van der Waals surface area contributed by atoms with Crippen molar-refractivity contribution in [2.75, 3.05) is 26.2 Å². The van der Waals surface area contributed by atoms with E-state index >= 15 is 0 Å². The maximum Gasteiger partial charge on any atom is 0.0644 e. The van der Waals surface area contributed by atoms with Crippen LogP contribution in [0.1, 0.15) is 32.6 Å². The van der Waals surface area contributed by atoms with Crippen LogP contribution in [0.4, 0.5) is 0 Å². The molecule has 0 saturated carbocycles. The van der Waals surface area contributed by atoms with Gasteiger partial charge in [-0.2, -0.15) is 0 Å². The molecule has 1 aliphatic heterocycles. The van der Waals surface area contributed by atoms with Gasteiger partial charge in [-0.1, -0.05) is 0 Å². The summed E-state index contributed by atoms with van der Waals surface area (Å²) in [5.74, 6) is 0. The van der Waals surface area contributed by atoms with Crippen LogP contribution in [0.2, 0.25) is 0 Å². The van der Waals surface area contributed by atoms with Gasteiger partial charge >= 0.3 is 0 Å². The number of piperidine rings is 1. The lowest BCUT2D eigenvalue weighted by Gasteiger charge is -2.35. The third-order valence-electron chi connectivity index (χ3n) is 2.82. The standard InChI is InChI=1S/C10H21NO2/c1-10(13)4-7-11(8-5-10)6-2-3-9-12/h12-13H,2-9H2,1H3. The second-order valence-electron chi connectivity index (χ2n) is 4.27. The number of aliphatic hydroxyl groups excluding tert-OH is 1. The lowest BCUT2D eigenvalue weighted by molar-refractivity contribution is -0.00574. The number of unbranched alkanes of at least 4 members (excludes halogenated alkanes) is 1. The van der Waals surface area contributed by atoms with Gasteiger partial charge in [0.15, 0.2) is 0 Å². The quantitative estimate of drug-likeness (QED) is 0.634. The van der Waals surface area contributed by atoms with Crippen molar-refractivity contribution < 1.29 is 10.2 Å². The SMILES string of the molecule is CC1(O)CCN(CCCCO)CC1. The Balaban J connectivity index is 2.11. The molecule has 3 heteroatoms. The fourth-order valence-corrected chi connectivity index (χ4v) is 1.71. The molecular weight excluding hydrogens is 166 g/mol. The van der Waals surface area contributed by atoms with Crippen molar-refractivity contribution in [3.63, 3.8) is 0 Å². The highest BCUT2D eigenvalue weighted by Crippen LogP contribution is 2.20. The molecule has 13 heavy (non-hydrogen) atoms. The zero-order chi connectivity index (χ0) is 9.73. The average molecular weight is 187 g/mol. The van der Waals surface area contributed by atoms with E-state index in [-0.39, 0.29) is 0 Å². The Hall–Kier alpha value is -0.120. The third-order valence-corrected chi connectivity index (χ3v) is 2.82. The summed E-state index contributed by atoms with van der Waals surface area (Å²) in [4.78, 5) is 2.37. The molecule has 1 rings (SSSR count). The summed E-state index contributed by atoms with van der Waals surface area (Å²) in [5.41, 5.74) is -0.437. The molecule has 0 radical (unpaired) electrons. The maximum absolute atomic E-state index is 9.70. The van der Waals surface area contributed by atoms with Gasteiger partial charge in [0, 0.05) is 19.7 Å².